The number of hydrogen-bond donors (Lipinski definition) is 0. The van der Waals surface area contributed by atoms with Gasteiger partial charge in [0.05, 0.1) is 24.0 Å². The molecule has 0 amide bonds. The van der Waals surface area contributed by atoms with Crippen molar-refractivity contribution in [2.24, 2.45) is 0 Å². The predicted octanol–water partition coefficient (Wildman–Crippen LogP) is 4.75. The summed E-state index contributed by atoms with van der Waals surface area (Å²) in [6.07, 6.45) is 3.45. The molecule has 0 unspecified atom stereocenters. The average Bonchev–Trinajstić information content (AvgIpc) is 3.32. The Bertz CT molecular complexity index is 815. The molecule has 1 aromatic heterocycles. The molecule has 1 nitrogen and oxygen atoms in total. The maximum absolute atomic E-state index is 14.4. The third-order valence-corrected chi connectivity index (χ3v) is 3.46. The Morgan fingerprint density at radius 1 is 0.875 bits per heavy atom. The Kier molecular flexibility index (Phi) is 6.48. The summed E-state index contributed by atoms with van der Waals surface area (Å²) in [4.78, 5) is 0. The maximum Gasteiger partial charge on any atom is 2.00 e. The van der Waals surface area contributed by atoms with Gasteiger partial charge in [-0.2, -0.15) is 30.3 Å². The average molecular weight is 355 g/mol. The summed E-state index contributed by atoms with van der Waals surface area (Å²) >= 11 is 0. The second-order valence-corrected chi connectivity index (χ2v) is 4.98. The van der Waals surface area contributed by atoms with Gasteiger partial charge in [-0.3, -0.25) is 8.78 Å². The molecular weight excluding hydrogens is 340 g/mol. The minimum absolute atomic E-state index is 0. The summed E-state index contributed by atoms with van der Waals surface area (Å²) in [6.45, 7) is 0. The van der Waals surface area contributed by atoms with Gasteiger partial charge in [0.2, 0.25) is 0 Å². The van der Waals surface area contributed by atoms with Crippen molar-refractivity contribution in [3.8, 4) is 16.8 Å². The molecule has 0 aliphatic carbocycles. The molecule has 0 radical (unpaired) electrons. The fourth-order valence-corrected chi connectivity index (χ4v) is 2.36. The van der Waals surface area contributed by atoms with E-state index in [-0.39, 0.29) is 27.3 Å². The molecule has 0 spiro atoms. The molecule has 24 heavy (non-hydrogen) atoms. The quantitative estimate of drug-likeness (QED) is 0.278. The summed E-state index contributed by atoms with van der Waals surface area (Å²) in [6, 6.07) is 23.2. The largest absolute Gasteiger partial charge is 2.00 e. The fourth-order valence-electron chi connectivity index (χ4n) is 2.36. The minimum atomic E-state index is -0.547. The number of aromatic nitrogens is 1. The van der Waals surface area contributed by atoms with Crippen LogP contribution >= 0.6 is 0 Å². The van der Waals surface area contributed by atoms with Gasteiger partial charge in [0.25, 0.3) is 0 Å². The van der Waals surface area contributed by atoms with Crippen molar-refractivity contribution in [1.82, 2.24) is 0 Å². The standard InChI is InChI=1S/C15H10F2N.C5H5.Ti/c16-12-7-8-13(18-9-3-4-10-18)15(17)14(12)11-5-1-2-6-11;1-2-4-5-3-1;/h1-10H;1-5H;/q2*-1;+2. The normalized spacial score (nSPS) is 9.75. The smallest absolute Gasteiger partial charge is 0.300 e. The molecule has 0 atom stereocenters. The van der Waals surface area contributed by atoms with E-state index in [2.05, 4.69) is 0 Å². The monoisotopic (exact) mass is 355 g/mol. The van der Waals surface area contributed by atoms with E-state index in [4.69, 9.17) is 0 Å². The van der Waals surface area contributed by atoms with Gasteiger partial charge < -0.3 is 4.57 Å². The van der Waals surface area contributed by atoms with Crippen LogP contribution in [0.3, 0.4) is 0 Å². The van der Waals surface area contributed by atoms with Crippen molar-refractivity contribution in [3.05, 3.63) is 103 Å². The van der Waals surface area contributed by atoms with E-state index in [0.717, 1.165) is 0 Å². The molecule has 4 heteroatoms. The molecule has 0 fully saturated rings. The third-order valence-electron chi connectivity index (χ3n) is 3.46. The second-order valence-electron chi connectivity index (χ2n) is 4.98. The van der Waals surface area contributed by atoms with E-state index in [0.29, 0.717) is 11.3 Å². The van der Waals surface area contributed by atoms with Gasteiger partial charge in [-0.05, 0) is 11.6 Å². The maximum atomic E-state index is 14.4. The molecule has 0 aliphatic rings. The molecule has 0 saturated heterocycles. The van der Waals surface area contributed by atoms with Crippen LogP contribution in [0.1, 0.15) is 0 Å². The summed E-state index contributed by atoms with van der Waals surface area (Å²) < 4.78 is 29.8. The van der Waals surface area contributed by atoms with Crippen molar-refractivity contribution in [1.29, 1.82) is 0 Å². The number of benzene rings is 1. The van der Waals surface area contributed by atoms with Crippen molar-refractivity contribution in [2.75, 3.05) is 0 Å². The van der Waals surface area contributed by atoms with Gasteiger partial charge in [0.15, 0.2) is 0 Å². The van der Waals surface area contributed by atoms with Gasteiger partial charge >= 0.3 is 21.7 Å². The molecule has 0 aliphatic heterocycles. The summed E-state index contributed by atoms with van der Waals surface area (Å²) in [5.74, 6) is -1.09. The number of hydrogen-bond acceptors (Lipinski definition) is 0. The van der Waals surface area contributed by atoms with Crippen molar-refractivity contribution >= 4 is 0 Å². The van der Waals surface area contributed by atoms with Crippen LogP contribution in [0.5, 0.6) is 0 Å². The van der Waals surface area contributed by atoms with Crippen LogP contribution in [0, 0.1) is 11.6 Å². The first-order chi connectivity index (χ1) is 11.3. The Morgan fingerprint density at radius 3 is 2.12 bits per heavy atom. The first-order valence-electron chi connectivity index (χ1n) is 7.27. The molecule has 0 bridgehead atoms. The fraction of sp³-hybridized carbons (Fsp3) is 0. The van der Waals surface area contributed by atoms with Crippen molar-refractivity contribution in [3.63, 3.8) is 0 Å². The summed E-state index contributed by atoms with van der Waals surface area (Å²) in [5, 5.41) is 0. The summed E-state index contributed by atoms with van der Waals surface area (Å²) in [7, 11) is 0. The van der Waals surface area contributed by atoms with E-state index in [1.807, 2.05) is 30.3 Å². The molecule has 0 saturated carbocycles. The van der Waals surface area contributed by atoms with E-state index in [1.54, 1.807) is 53.4 Å². The van der Waals surface area contributed by atoms with Crippen LogP contribution in [-0.2, 0) is 21.7 Å². The minimum Gasteiger partial charge on any atom is -0.300 e. The Labute approximate surface area is 154 Å². The van der Waals surface area contributed by atoms with E-state index < -0.39 is 11.6 Å². The van der Waals surface area contributed by atoms with Crippen molar-refractivity contribution in [2.45, 2.75) is 0 Å². The zero-order valence-corrected chi connectivity index (χ0v) is 14.4. The van der Waals surface area contributed by atoms with Crippen LogP contribution < -0.4 is 4.57 Å². The predicted molar refractivity (Wildman–Crippen MR) is 86.5 cm³/mol. The zero-order chi connectivity index (χ0) is 16.1. The van der Waals surface area contributed by atoms with E-state index in [1.165, 1.54) is 12.1 Å². The van der Waals surface area contributed by atoms with Crippen LogP contribution in [0.15, 0.2) is 91.3 Å². The first-order valence-corrected chi connectivity index (χ1v) is 7.27. The van der Waals surface area contributed by atoms with Crippen LogP contribution in [0.25, 0.3) is 16.8 Å². The topological polar surface area (TPSA) is 3.88 Å². The Balaban J connectivity index is 0.000000300. The molecule has 0 N–H and O–H groups in total. The van der Waals surface area contributed by atoms with Crippen LogP contribution in [0.2, 0.25) is 0 Å². The Morgan fingerprint density at radius 2 is 1.58 bits per heavy atom. The zero-order valence-electron chi connectivity index (χ0n) is 12.9. The van der Waals surface area contributed by atoms with Crippen LogP contribution in [0.4, 0.5) is 8.78 Å². The second kappa shape index (κ2) is 8.58. The van der Waals surface area contributed by atoms with Gasteiger partial charge in [-0.25, -0.2) is 12.1 Å². The van der Waals surface area contributed by atoms with Gasteiger partial charge in [0.1, 0.15) is 5.69 Å². The van der Waals surface area contributed by atoms with E-state index >= 15 is 0 Å². The summed E-state index contributed by atoms with van der Waals surface area (Å²) in [5.41, 5.74) is 0.919. The Hall–Kier alpha value is -2.23. The first kappa shape index (κ1) is 18.1. The van der Waals surface area contributed by atoms with Crippen molar-refractivity contribution < 1.29 is 35.1 Å². The molecule has 118 valence electrons. The molecule has 3 aromatic carbocycles. The van der Waals surface area contributed by atoms with Gasteiger partial charge in [-0.15, -0.1) is 18.2 Å². The molecule has 4 aromatic rings. The van der Waals surface area contributed by atoms with Gasteiger partial charge in [0, 0.05) is 0 Å². The van der Waals surface area contributed by atoms with Gasteiger partial charge in [-0.1, -0.05) is 17.7 Å². The number of nitrogens with zero attached hydrogens (tertiary/aromatic N) is 1. The molecular formula is C20H15F2NTi. The van der Waals surface area contributed by atoms with Crippen LogP contribution in [-0.4, -0.2) is 0 Å². The number of halogens is 2. The van der Waals surface area contributed by atoms with E-state index in [9.17, 15) is 8.78 Å². The third kappa shape index (κ3) is 3.99. The SMILES string of the molecule is Fc1ccc(-[n+]2ccc[cH-]2)c(F)c1-[c-]1cccc1.[Ti+2].c1cc[cH-]c1. The molecule has 4 rings (SSSR count). The molecule has 1 heterocycles. The number of rotatable bonds is 2.